The predicted molar refractivity (Wildman–Crippen MR) is 105 cm³/mol. The lowest BCUT2D eigenvalue weighted by molar-refractivity contribution is -0.121. The van der Waals surface area contributed by atoms with Gasteiger partial charge in [0, 0.05) is 37.3 Å². The maximum atomic E-state index is 12.5. The molecule has 28 heavy (non-hydrogen) atoms. The molecular weight excluding hydrogens is 356 g/mol. The third-order valence-electron chi connectivity index (χ3n) is 5.28. The molecule has 4 rings (SSSR count). The number of amides is 1. The van der Waals surface area contributed by atoms with Gasteiger partial charge in [0.2, 0.25) is 11.9 Å². The summed E-state index contributed by atoms with van der Waals surface area (Å²) in [6.07, 6.45) is 5.07. The van der Waals surface area contributed by atoms with Crippen molar-refractivity contribution in [3.05, 3.63) is 47.3 Å². The summed E-state index contributed by atoms with van der Waals surface area (Å²) in [5, 5.41) is 3.17. The van der Waals surface area contributed by atoms with Crippen molar-refractivity contribution in [3.63, 3.8) is 0 Å². The van der Waals surface area contributed by atoms with Gasteiger partial charge in [0.1, 0.15) is 5.75 Å². The van der Waals surface area contributed by atoms with Crippen LogP contribution in [0.5, 0.6) is 5.75 Å². The molecule has 0 saturated carbocycles. The zero-order valence-corrected chi connectivity index (χ0v) is 16.2. The fourth-order valence-electron chi connectivity index (χ4n) is 3.76. The van der Waals surface area contributed by atoms with E-state index in [-0.39, 0.29) is 11.9 Å². The normalized spacial score (nSPS) is 19.0. The minimum Gasteiger partial charge on any atom is -0.497 e. The van der Waals surface area contributed by atoms with E-state index < -0.39 is 0 Å². The van der Waals surface area contributed by atoms with Crippen molar-refractivity contribution in [2.75, 3.05) is 31.7 Å². The number of hydrogen-bond acceptors (Lipinski definition) is 6. The number of fused-ring (bicyclic) bond motifs is 1. The summed E-state index contributed by atoms with van der Waals surface area (Å²) in [7, 11) is 1.64. The van der Waals surface area contributed by atoms with E-state index in [1.54, 1.807) is 7.11 Å². The van der Waals surface area contributed by atoms with Gasteiger partial charge in [-0.05, 0) is 30.5 Å². The van der Waals surface area contributed by atoms with Crippen LogP contribution < -0.4 is 15.0 Å². The van der Waals surface area contributed by atoms with Gasteiger partial charge in [-0.1, -0.05) is 12.1 Å². The molecule has 1 aromatic heterocycles. The third-order valence-corrected chi connectivity index (χ3v) is 5.28. The summed E-state index contributed by atoms with van der Waals surface area (Å²) in [5.41, 5.74) is 3.14. The molecule has 1 aromatic carbocycles. The Labute approximate surface area is 165 Å². The second kappa shape index (κ2) is 8.56. The number of anilines is 1. The van der Waals surface area contributed by atoms with Crippen molar-refractivity contribution in [2.24, 2.45) is 0 Å². The number of carbonyl (C=O) groups excluding carboxylic acids is 1. The number of nitrogens with one attached hydrogen (secondary N) is 1. The van der Waals surface area contributed by atoms with Gasteiger partial charge >= 0.3 is 0 Å². The zero-order valence-electron chi connectivity index (χ0n) is 16.2. The quantitative estimate of drug-likeness (QED) is 0.851. The Morgan fingerprint density at radius 1 is 1.36 bits per heavy atom. The lowest BCUT2D eigenvalue weighted by Crippen LogP contribution is -2.48. The Kier molecular flexibility index (Phi) is 5.71. The van der Waals surface area contributed by atoms with E-state index in [1.165, 1.54) is 0 Å². The zero-order chi connectivity index (χ0) is 19.3. The number of aromatic nitrogens is 2. The monoisotopic (exact) mass is 382 g/mol. The summed E-state index contributed by atoms with van der Waals surface area (Å²) < 4.78 is 10.6. The molecular formula is C21H26N4O3. The SMILES string of the molecule is COc1ccc(CC(=O)NC2CCCN(c3ncc4c(n3)CCOC4)C2)cc1. The summed E-state index contributed by atoms with van der Waals surface area (Å²) >= 11 is 0. The molecule has 3 heterocycles. The van der Waals surface area contributed by atoms with E-state index in [0.717, 1.165) is 60.9 Å². The van der Waals surface area contributed by atoms with Crippen molar-refractivity contribution in [1.82, 2.24) is 15.3 Å². The minimum atomic E-state index is 0.0422. The number of carbonyl (C=O) groups is 1. The molecule has 0 radical (unpaired) electrons. The number of piperidine rings is 1. The number of methoxy groups -OCH3 is 1. The van der Waals surface area contributed by atoms with Crippen LogP contribution in [0.2, 0.25) is 0 Å². The number of nitrogens with zero attached hydrogens (tertiary/aromatic N) is 3. The highest BCUT2D eigenvalue weighted by atomic mass is 16.5. The smallest absolute Gasteiger partial charge is 0.225 e. The van der Waals surface area contributed by atoms with Crippen LogP contribution in [-0.4, -0.2) is 48.7 Å². The van der Waals surface area contributed by atoms with Gasteiger partial charge in [-0.3, -0.25) is 4.79 Å². The average molecular weight is 382 g/mol. The number of benzene rings is 1. The Balaban J connectivity index is 1.35. The molecule has 1 saturated heterocycles. The highest BCUT2D eigenvalue weighted by molar-refractivity contribution is 5.79. The lowest BCUT2D eigenvalue weighted by Gasteiger charge is -2.33. The molecule has 1 unspecified atom stereocenters. The summed E-state index contributed by atoms with van der Waals surface area (Å²) in [6, 6.07) is 7.72. The molecule has 2 aromatic rings. The van der Waals surface area contributed by atoms with Gasteiger partial charge in [0.05, 0.1) is 32.4 Å². The Hall–Kier alpha value is -2.67. The number of ether oxygens (including phenoxy) is 2. The van der Waals surface area contributed by atoms with Crippen LogP contribution >= 0.6 is 0 Å². The van der Waals surface area contributed by atoms with Crippen LogP contribution in [0.3, 0.4) is 0 Å². The van der Waals surface area contributed by atoms with Crippen molar-refractivity contribution < 1.29 is 14.3 Å². The van der Waals surface area contributed by atoms with Crippen LogP contribution in [0, 0.1) is 0 Å². The topological polar surface area (TPSA) is 76.6 Å². The fourth-order valence-corrected chi connectivity index (χ4v) is 3.76. The van der Waals surface area contributed by atoms with Gasteiger partial charge < -0.3 is 19.7 Å². The Morgan fingerprint density at radius 2 is 2.21 bits per heavy atom. The van der Waals surface area contributed by atoms with E-state index >= 15 is 0 Å². The molecule has 2 aliphatic heterocycles. The number of rotatable bonds is 5. The molecule has 148 valence electrons. The van der Waals surface area contributed by atoms with Gasteiger partial charge in [-0.25, -0.2) is 9.97 Å². The molecule has 1 atom stereocenters. The van der Waals surface area contributed by atoms with Gasteiger partial charge in [-0.2, -0.15) is 0 Å². The predicted octanol–water partition coefficient (Wildman–Crippen LogP) is 1.89. The Bertz CT molecular complexity index is 825. The highest BCUT2D eigenvalue weighted by Gasteiger charge is 2.24. The van der Waals surface area contributed by atoms with Crippen molar-refractivity contribution >= 4 is 11.9 Å². The van der Waals surface area contributed by atoms with Crippen molar-refractivity contribution in [2.45, 2.75) is 38.3 Å². The molecule has 0 spiro atoms. The highest BCUT2D eigenvalue weighted by Crippen LogP contribution is 2.20. The summed E-state index contributed by atoms with van der Waals surface area (Å²) in [4.78, 5) is 23.9. The first-order valence-electron chi connectivity index (χ1n) is 9.81. The first-order valence-corrected chi connectivity index (χ1v) is 9.81. The first-order chi connectivity index (χ1) is 13.7. The van der Waals surface area contributed by atoms with E-state index in [0.29, 0.717) is 19.6 Å². The minimum absolute atomic E-state index is 0.0422. The first kappa shape index (κ1) is 18.7. The standard InChI is InChI=1S/C21H26N4O3/c1-27-18-6-4-15(5-7-18)11-20(26)23-17-3-2-9-25(13-17)21-22-12-16-14-28-10-8-19(16)24-21/h4-7,12,17H,2-3,8-11,13-14H2,1H3,(H,23,26). The molecule has 7 nitrogen and oxygen atoms in total. The van der Waals surface area contributed by atoms with Crippen LogP contribution in [-0.2, 0) is 29.0 Å². The molecule has 1 N–H and O–H groups in total. The average Bonchev–Trinajstić information content (AvgIpc) is 2.74. The molecule has 7 heteroatoms. The van der Waals surface area contributed by atoms with Crippen LogP contribution in [0.4, 0.5) is 5.95 Å². The Morgan fingerprint density at radius 3 is 3.04 bits per heavy atom. The van der Waals surface area contributed by atoms with Gasteiger partial charge in [0.25, 0.3) is 0 Å². The molecule has 1 fully saturated rings. The lowest BCUT2D eigenvalue weighted by atomic mass is 10.0. The van der Waals surface area contributed by atoms with Crippen LogP contribution in [0.15, 0.2) is 30.5 Å². The molecule has 0 bridgehead atoms. The van der Waals surface area contributed by atoms with Crippen LogP contribution in [0.25, 0.3) is 0 Å². The third kappa shape index (κ3) is 4.42. The maximum Gasteiger partial charge on any atom is 0.225 e. The largest absolute Gasteiger partial charge is 0.497 e. The van der Waals surface area contributed by atoms with Gasteiger partial charge in [0.15, 0.2) is 0 Å². The van der Waals surface area contributed by atoms with Gasteiger partial charge in [-0.15, -0.1) is 0 Å². The van der Waals surface area contributed by atoms with Crippen molar-refractivity contribution in [3.8, 4) is 5.75 Å². The summed E-state index contributed by atoms with van der Waals surface area (Å²) in [6.45, 7) is 2.97. The van der Waals surface area contributed by atoms with E-state index in [9.17, 15) is 4.79 Å². The fraction of sp³-hybridized carbons (Fsp3) is 0.476. The van der Waals surface area contributed by atoms with E-state index in [2.05, 4.69) is 15.2 Å². The second-order valence-corrected chi connectivity index (χ2v) is 7.32. The van der Waals surface area contributed by atoms with E-state index in [4.69, 9.17) is 14.5 Å². The van der Waals surface area contributed by atoms with E-state index in [1.807, 2.05) is 30.5 Å². The maximum absolute atomic E-state index is 12.5. The summed E-state index contributed by atoms with van der Waals surface area (Å²) in [5.74, 6) is 1.60. The van der Waals surface area contributed by atoms with Crippen molar-refractivity contribution in [1.29, 1.82) is 0 Å². The number of hydrogen-bond donors (Lipinski definition) is 1. The second-order valence-electron chi connectivity index (χ2n) is 7.32. The molecule has 0 aliphatic carbocycles. The molecule has 1 amide bonds. The van der Waals surface area contributed by atoms with Crippen LogP contribution in [0.1, 0.15) is 29.7 Å². The molecule has 2 aliphatic rings.